The number of nitrogens with zero attached hydrogens (tertiary/aromatic N) is 2. The maximum Gasteiger partial charge on any atom is 0.209 e. The molecule has 0 radical (unpaired) electrons. The number of thiophene rings is 1. The summed E-state index contributed by atoms with van der Waals surface area (Å²) in [6.07, 6.45) is 0. The molecule has 3 nitrogen and oxygen atoms in total. The Kier molecular flexibility index (Phi) is 4.35. The monoisotopic (exact) mass is 363 g/mol. The molecule has 0 bridgehead atoms. The van der Waals surface area contributed by atoms with Crippen LogP contribution in [0.2, 0.25) is 0 Å². The van der Waals surface area contributed by atoms with Gasteiger partial charge in [-0.05, 0) is 11.4 Å². The van der Waals surface area contributed by atoms with E-state index in [0.717, 1.165) is 16.6 Å². The van der Waals surface area contributed by atoms with Crippen LogP contribution >= 0.6 is 23.1 Å². The van der Waals surface area contributed by atoms with E-state index in [9.17, 15) is 22.0 Å². The van der Waals surface area contributed by atoms with Crippen LogP contribution in [-0.4, -0.2) is 15.2 Å². The molecule has 0 unspecified atom stereocenters. The number of halogens is 5. The van der Waals surface area contributed by atoms with Gasteiger partial charge < -0.3 is 0 Å². The Balaban J connectivity index is 1.82. The van der Waals surface area contributed by atoms with Crippen molar-refractivity contribution in [2.75, 3.05) is 0 Å². The molecule has 0 saturated heterocycles. The van der Waals surface area contributed by atoms with Crippen LogP contribution in [0.4, 0.5) is 22.0 Å². The molecule has 2 aromatic heterocycles. The Morgan fingerprint density at radius 2 is 1.65 bits per heavy atom. The molecule has 3 aromatic rings. The summed E-state index contributed by atoms with van der Waals surface area (Å²) in [6, 6.07) is 3.61. The second-order valence-corrected chi connectivity index (χ2v) is 6.17. The molecule has 0 aliphatic rings. The van der Waals surface area contributed by atoms with Crippen LogP contribution in [0.5, 0.6) is 0 Å². The summed E-state index contributed by atoms with van der Waals surface area (Å²) >= 11 is 2.17. The quantitative estimate of drug-likeness (QED) is 0.321. The first-order valence-corrected chi connectivity index (χ1v) is 7.95. The Morgan fingerprint density at radius 3 is 2.26 bits per heavy atom. The number of H-pyrrole nitrogens is 1. The minimum atomic E-state index is -2.17. The van der Waals surface area contributed by atoms with Gasteiger partial charge in [-0.15, -0.1) is 16.4 Å². The fourth-order valence-electron chi connectivity index (χ4n) is 1.75. The average Bonchev–Trinajstić information content (AvgIpc) is 3.22. The SMILES string of the molecule is Fc1c(F)c(F)c(CSc2n[nH]c(-c3cccs3)n2)c(F)c1F. The van der Waals surface area contributed by atoms with Gasteiger partial charge in [-0.1, -0.05) is 17.8 Å². The minimum absolute atomic E-state index is 0.136. The number of aromatic amines is 1. The Morgan fingerprint density at radius 1 is 1.00 bits per heavy atom. The zero-order valence-corrected chi connectivity index (χ0v) is 12.7. The molecule has 0 aliphatic carbocycles. The van der Waals surface area contributed by atoms with Gasteiger partial charge in [-0.25, -0.2) is 26.9 Å². The highest BCUT2D eigenvalue weighted by Gasteiger charge is 2.25. The van der Waals surface area contributed by atoms with E-state index in [2.05, 4.69) is 15.2 Å². The molecule has 0 saturated carbocycles. The highest BCUT2D eigenvalue weighted by atomic mass is 32.2. The van der Waals surface area contributed by atoms with E-state index in [1.807, 2.05) is 11.4 Å². The van der Waals surface area contributed by atoms with E-state index in [0.29, 0.717) is 5.82 Å². The topological polar surface area (TPSA) is 41.6 Å². The van der Waals surface area contributed by atoms with E-state index < -0.39 is 40.4 Å². The van der Waals surface area contributed by atoms with Crippen molar-refractivity contribution < 1.29 is 22.0 Å². The smallest absolute Gasteiger partial charge is 0.209 e. The molecule has 0 fully saturated rings. The first-order chi connectivity index (χ1) is 11.0. The van der Waals surface area contributed by atoms with Crippen molar-refractivity contribution >= 4 is 23.1 Å². The fraction of sp³-hybridized carbons (Fsp3) is 0.0769. The normalized spacial score (nSPS) is 11.2. The lowest BCUT2D eigenvalue weighted by atomic mass is 10.2. The maximum atomic E-state index is 13.6. The van der Waals surface area contributed by atoms with Gasteiger partial charge >= 0.3 is 0 Å². The number of rotatable bonds is 4. The molecule has 2 heterocycles. The van der Waals surface area contributed by atoms with Crippen LogP contribution in [0.25, 0.3) is 10.7 Å². The van der Waals surface area contributed by atoms with Crippen LogP contribution in [0.3, 0.4) is 0 Å². The third-order valence-corrected chi connectivity index (χ3v) is 4.62. The van der Waals surface area contributed by atoms with Crippen molar-refractivity contribution in [3.05, 3.63) is 52.2 Å². The first kappa shape index (κ1) is 15.9. The van der Waals surface area contributed by atoms with Gasteiger partial charge in [0.1, 0.15) is 0 Å². The lowest BCUT2D eigenvalue weighted by Gasteiger charge is -2.06. The first-order valence-electron chi connectivity index (χ1n) is 6.08. The summed E-state index contributed by atoms with van der Waals surface area (Å²) in [5.74, 6) is -9.83. The summed E-state index contributed by atoms with van der Waals surface area (Å²) < 4.78 is 66.3. The summed E-state index contributed by atoms with van der Waals surface area (Å²) in [6.45, 7) is 0. The predicted molar refractivity (Wildman–Crippen MR) is 75.5 cm³/mol. The molecule has 1 aromatic carbocycles. The largest absolute Gasteiger partial charge is 0.257 e. The second-order valence-electron chi connectivity index (χ2n) is 4.28. The van der Waals surface area contributed by atoms with Gasteiger partial charge in [0.05, 0.1) is 4.88 Å². The lowest BCUT2D eigenvalue weighted by molar-refractivity contribution is 0.372. The van der Waals surface area contributed by atoms with Crippen molar-refractivity contribution in [1.82, 2.24) is 15.2 Å². The third-order valence-electron chi connectivity index (χ3n) is 2.87. The summed E-state index contributed by atoms with van der Waals surface area (Å²) in [4.78, 5) is 4.90. The number of hydrogen-bond donors (Lipinski definition) is 1. The van der Waals surface area contributed by atoms with Crippen molar-refractivity contribution in [2.24, 2.45) is 0 Å². The van der Waals surface area contributed by atoms with Gasteiger partial charge in [-0.2, -0.15) is 0 Å². The number of hydrogen-bond acceptors (Lipinski definition) is 4. The molecule has 10 heteroatoms. The van der Waals surface area contributed by atoms with Crippen molar-refractivity contribution in [3.63, 3.8) is 0 Å². The van der Waals surface area contributed by atoms with Crippen LogP contribution in [0.15, 0.2) is 22.7 Å². The molecular weight excluding hydrogens is 357 g/mol. The Hall–Kier alpha value is -1.94. The lowest BCUT2D eigenvalue weighted by Crippen LogP contribution is -2.06. The van der Waals surface area contributed by atoms with Gasteiger partial charge in [0.2, 0.25) is 11.0 Å². The minimum Gasteiger partial charge on any atom is -0.257 e. The van der Waals surface area contributed by atoms with Crippen molar-refractivity contribution in [3.8, 4) is 10.7 Å². The average molecular weight is 363 g/mol. The van der Waals surface area contributed by atoms with Crippen LogP contribution in [0, 0.1) is 29.1 Å². The maximum absolute atomic E-state index is 13.6. The molecule has 120 valence electrons. The van der Waals surface area contributed by atoms with E-state index in [-0.39, 0.29) is 5.16 Å². The molecule has 0 atom stereocenters. The van der Waals surface area contributed by atoms with E-state index >= 15 is 0 Å². The molecular formula is C13H6F5N3S2. The summed E-state index contributed by atoms with van der Waals surface area (Å²) in [5, 5.41) is 8.44. The Bertz CT molecular complexity index is 819. The van der Waals surface area contributed by atoms with Crippen LogP contribution in [-0.2, 0) is 5.75 Å². The van der Waals surface area contributed by atoms with Gasteiger partial charge in [-0.3, -0.25) is 5.10 Å². The molecule has 1 N–H and O–H groups in total. The number of aromatic nitrogens is 3. The Labute approximate surface area is 134 Å². The number of thioether (sulfide) groups is 1. The standard InChI is InChI=1S/C13H6F5N3S2/c14-7-5(8(15)10(17)11(18)9(7)16)4-23-13-19-12(20-21-13)6-2-1-3-22-6/h1-3H,4H2,(H,19,20,21). The van der Waals surface area contributed by atoms with Crippen molar-refractivity contribution in [2.45, 2.75) is 10.9 Å². The molecule has 0 aliphatic heterocycles. The third kappa shape index (κ3) is 2.95. The zero-order chi connectivity index (χ0) is 16.6. The van der Waals surface area contributed by atoms with E-state index in [1.54, 1.807) is 6.07 Å². The highest BCUT2D eigenvalue weighted by molar-refractivity contribution is 7.98. The van der Waals surface area contributed by atoms with Gasteiger partial charge in [0.15, 0.2) is 29.1 Å². The van der Waals surface area contributed by atoms with E-state index in [4.69, 9.17) is 0 Å². The summed E-state index contributed by atoms with van der Waals surface area (Å²) in [7, 11) is 0. The van der Waals surface area contributed by atoms with Gasteiger partial charge in [0.25, 0.3) is 0 Å². The molecule has 0 amide bonds. The summed E-state index contributed by atoms with van der Waals surface area (Å²) in [5.41, 5.74) is -0.908. The van der Waals surface area contributed by atoms with Crippen molar-refractivity contribution in [1.29, 1.82) is 0 Å². The molecule has 23 heavy (non-hydrogen) atoms. The van der Waals surface area contributed by atoms with Crippen LogP contribution in [0.1, 0.15) is 5.56 Å². The molecule has 0 spiro atoms. The number of nitrogens with one attached hydrogen (secondary N) is 1. The fourth-order valence-corrected chi connectivity index (χ4v) is 3.20. The van der Waals surface area contributed by atoms with E-state index in [1.165, 1.54) is 11.3 Å². The van der Waals surface area contributed by atoms with Crippen LogP contribution < -0.4 is 0 Å². The number of benzene rings is 1. The zero-order valence-electron chi connectivity index (χ0n) is 11.0. The second kappa shape index (κ2) is 6.28. The molecule has 3 rings (SSSR count). The highest BCUT2D eigenvalue weighted by Crippen LogP contribution is 2.29. The van der Waals surface area contributed by atoms with Gasteiger partial charge in [0, 0.05) is 11.3 Å². The predicted octanol–water partition coefficient (Wildman–Crippen LogP) is 4.52.